The average molecular weight is 323 g/mol. The van der Waals surface area contributed by atoms with Gasteiger partial charge in [-0.1, -0.05) is 12.1 Å². The van der Waals surface area contributed by atoms with Crippen molar-refractivity contribution in [1.82, 2.24) is 4.90 Å². The van der Waals surface area contributed by atoms with Crippen LogP contribution < -0.4 is 4.74 Å². The Hall–Kier alpha value is -2.24. The van der Waals surface area contributed by atoms with Gasteiger partial charge < -0.3 is 19.4 Å². The number of aldehydes is 1. The predicted octanol–water partition coefficient (Wildman–Crippen LogP) is 3.07. The molecule has 0 spiro atoms. The van der Waals surface area contributed by atoms with Gasteiger partial charge in [-0.25, -0.2) is 4.79 Å². The van der Waals surface area contributed by atoms with E-state index in [4.69, 9.17) is 9.47 Å². The molecule has 1 rings (SSSR count). The average Bonchev–Trinajstić information content (AvgIpc) is 2.46. The quantitative estimate of drug-likeness (QED) is 0.843. The van der Waals surface area contributed by atoms with Crippen LogP contribution in [-0.4, -0.2) is 41.6 Å². The molecule has 6 heteroatoms. The SMILES string of the molecule is CCOc1cccc(C(C)(C=O)N(C)C(=O)OC(C)(C)C)c1O. The van der Waals surface area contributed by atoms with Gasteiger partial charge in [0.2, 0.25) is 0 Å². The maximum Gasteiger partial charge on any atom is 0.411 e. The van der Waals surface area contributed by atoms with E-state index in [9.17, 15) is 14.7 Å². The molecule has 0 heterocycles. The number of carbonyl (C=O) groups is 2. The summed E-state index contributed by atoms with van der Waals surface area (Å²) >= 11 is 0. The monoisotopic (exact) mass is 323 g/mol. The zero-order chi connectivity index (χ0) is 17.8. The van der Waals surface area contributed by atoms with Crippen molar-refractivity contribution in [3.63, 3.8) is 0 Å². The number of hydrogen-bond acceptors (Lipinski definition) is 5. The molecule has 1 N–H and O–H groups in total. The van der Waals surface area contributed by atoms with Crippen LogP contribution >= 0.6 is 0 Å². The molecule has 0 aliphatic heterocycles. The van der Waals surface area contributed by atoms with Crippen LogP contribution in [0.15, 0.2) is 18.2 Å². The molecule has 0 saturated carbocycles. The first-order valence-corrected chi connectivity index (χ1v) is 7.45. The lowest BCUT2D eigenvalue weighted by Crippen LogP contribution is -2.48. The second-order valence-electron chi connectivity index (χ2n) is 6.39. The standard InChI is InChI=1S/C17H25NO5/c1-7-22-13-10-8-9-12(14(13)20)17(5,11-19)18(6)15(21)23-16(2,3)4/h8-11,20H,7H2,1-6H3. The summed E-state index contributed by atoms with van der Waals surface area (Å²) in [5.74, 6) is 0.0926. The maximum atomic E-state index is 12.3. The minimum atomic E-state index is -1.39. The predicted molar refractivity (Wildman–Crippen MR) is 86.7 cm³/mol. The molecule has 1 atom stereocenters. The zero-order valence-electron chi connectivity index (χ0n) is 14.5. The summed E-state index contributed by atoms with van der Waals surface area (Å²) in [6.07, 6.45) is -0.0601. The minimum absolute atomic E-state index is 0.167. The van der Waals surface area contributed by atoms with Crippen LogP contribution in [0.4, 0.5) is 4.79 Å². The first-order valence-electron chi connectivity index (χ1n) is 7.45. The summed E-state index contributed by atoms with van der Waals surface area (Å²) in [5, 5.41) is 10.4. The molecular formula is C17H25NO5. The van der Waals surface area contributed by atoms with E-state index in [0.29, 0.717) is 12.9 Å². The molecule has 1 amide bonds. The van der Waals surface area contributed by atoms with E-state index in [0.717, 1.165) is 4.90 Å². The fourth-order valence-electron chi connectivity index (χ4n) is 2.05. The van der Waals surface area contributed by atoms with E-state index in [-0.39, 0.29) is 17.1 Å². The van der Waals surface area contributed by atoms with Crippen LogP contribution in [0.1, 0.15) is 40.2 Å². The summed E-state index contributed by atoms with van der Waals surface area (Å²) in [7, 11) is 1.45. The minimum Gasteiger partial charge on any atom is -0.504 e. The summed E-state index contributed by atoms with van der Waals surface area (Å²) in [6.45, 7) is 8.92. The van der Waals surface area contributed by atoms with Crippen molar-refractivity contribution in [3.8, 4) is 11.5 Å². The lowest BCUT2D eigenvalue weighted by Gasteiger charge is -2.36. The van der Waals surface area contributed by atoms with Crippen molar-refractivity contribution in [1.29, 1.82) is 0 Å². The van der Waals surface area contributed by atoms with Crippen molar-refractivity contribution >= 4 is 12.4 Å². The van der Waals surface area contributed by atoms with Crippen LogP contribution in [-0.2, 0) is 15.1 Å². The highest BCUT2D eigenvalue weighted by Crippen LogP contribution is 2.38. The Morgan fingerprint density at radius 1 is 1.30 bits per heavy atom. The third-order valence-corrected chi connectivity index (χ3v) is 3.44. The van der Waals surface area contributed by atoms with Gasteiger partial charge in [-0.3, -0.25) is 4.90 Å². The van der Waals surface area contributed by atoms with Gasteiger partial charge in [-0.05, 0) is 40.7 Å². The van der Waals surface area contributed by atoms with Crippen LogP contribution in [0.2, 0.25) is 0 Å². The number of nitrogens with zero attached hydrogens (tertiary/aromatic N) is 1. The Balaban J connectivity index is 3.26. The molecule has 0 bridgehead atoms. The molecule has 1 aromatic carbocycles. The lowest BCUT2D eigenvalue weighted by atomic mass is 9.91. The van der Waals surface area contributed by atoms with E-state index in [1.54, 1.807) is 45.9 Å². The molecular weight excluding hydrogens is 298 g/mol. The molecule has 6 nitrogen and oxygen atoms in total. The fraction of sp³-hybridized carbons (Fsp3) is 0.529. The Labute approximate surface area is 137 Å². The number of rotatable bonds is 5. The van der Waals surface area contributed by atoms with Gasteiger partial charge in [0.1, 0.15) is 17.4 Å². The largest absolute Gasteiger partial charge is 0.504 e. The Morgan fingerprint density at radius 3 is 2.39 bits per heavy atom. The summed E-state index contributed by atoms with van der Waals surface area (Å²) in [6, 6.07) is 4.83. The number of phenols is 1. The summed E-state index contributed by atoms with van der Waals surface area (Å²) < 4.78 is 10.6. The number of phenolic OH excluding ortho intramolecular Hbond substituents is 1. The first kappa shape index (κ1) is 18.8. The van der Waals surface area contributed by atoms with Gasteiger partial charge in [0, 0.05) is 12.6 Å². The van der Waals surface area contributed by atoms with E-state index >= 15 is 0 Å². The zero-order valence-corrected chi connectivity index (χ0v) is 14.5. The molecule has 0 aliphatic carbocycles. The Morgan fingerprint density at radius 2 is 1.91 bits per heavy atom. The van der Waals surface area contributed by atoms with Gasteiger partial charge in [-0.2, -0.15) is 0 Å². The van der Waals surface area contributed by atoms with Gasteiger partial charge in [0.25, 0.3) is 0 Å². The van der Waals surface area contributed by atoms with Crippen molar-refractivity contribution in [2.75, 3.05) is 13.7 Å². The number of para-hydroxylation sites is 1. The molecule has 1 unspecified atom stereocenters. The number of likely N-dealkylation sites (N-methyl/N-ethyl adjacent to an activating group) is 1. The topological polar surface area (TPSA) is 76.1 Å². The molecule has 23 heavy (non-hydrogen) atoms. The van der Waals surface area contributed by atoms with Gasteiger partial charge in [0.05, 0.1) is 6.61 Å². The fourth-order valence-corrected chi connectivity index (χ4v) is 2.05. The molecule has 0 aromatic heterocycles. The lowest BCUT2D eigenvalue weighted by molar-refractivity contribution is -0.117. The Bertz CT molecular complexity index is 579. The summed E-state index contributed by atoms with van der Waals surface area (Å²) in [4.78, 5) is 25.2. The number of hydrogen-bond donors (Lipinski definition) is 1. The van der Waals surface area contributed by atoms with Crippen LogP contribution in [0.3, 0.4) is 0 Å². The molecule has 0 aliphatic rings. The highest BCUT2D eigenvalue weighted by atomic mass is 16.6. The number of carbonyl (C=O) groups excluding carboxylic acids is 2. The number of aromatic hydroxyl groups is 1. The third-order valence-electron chi connectivity index (χ3n) is 3.44. The third kappa shape index (κ3) is 4.15. The molecule has 128 valence electrons. The van der Waals surface area contributed by atoms with Gasteiger partial charge in [-0.15, -0.1) is 0 Å². The highest BCUT2D eigenvalue weighted by molar-refractivity contribution is 5.79. The highest BCUT2D eigenvalue weighted by Gasteiger charge is 2.39. The number of benzene rings is 1. The molecule has 1 aromatic rings. The second-order valence-corrected chi connectivity index (χ2v) is 6.39. The first-order chi connectivity index (χ1) is 10.6. The van der Waals surface area contributed by atoms with E-state index in [1.807, 2.05) is 0 Å². The van der Waals surface area contributed by atoms with Crippen LogP contribution in [0, 0.1) is 0 Å². The van der Waals surface area contributed by atoms with Crippen molar-refractivity contribution in [2.45, 2.75) is 45.8 Å². The molecule has 0 fully saturated rings. The number of ether oxygens (including phenoxy) is 2. The van der Waals surface area contributed by atoms with Crippen molar-refractivity contribution < 1.29 is 24.2 Å². The van der Waals surface area contributed by atoms with E-state index in [2.05, 4.69) is 0 Å². The summed E-state index contributed by atoms with van der Waals surface area (Å²) in [5.41, 5.74) is -1.81. The van der Waals surface area contributed by atoms with Crippen molar-refractivity contribution in [2.24, 2.45) is 0 Å². The van der Waals surface area contributed by atoms with Crippen LogP contribution in [0.25, 0.3) is 0 Å². The van der Waals surface area contributed by atoms with Crippen molar-refractivity contribution in [3.05, 3.63) is 23.8 Å². The Kier molecular flexibility index (Phi) is 5.64. The number of amides is 1. The normalized spacial score (nSPS) is 13.8. The van der Waals surface area contributed by atoms with E-state index < -0.39 is 17.2 Å². The smallest absolute Gasteiger partial charge is 0.411 e. The maximum absolute atomic E-state index is 12.3. The van der Waals surface area contributed by atoms with Gasteiger partial charge in [0.15, 0.2) is 11.5 Å². The molecule has 0 radical (unpaired) electrons. The molecule has 0 saturated heterocycles. The van der Waals surface area contributed by atoms with E-state index in [1.165, 1.54) is 14.0 Å². The van der Waals surface area contributed by atoms with Gasteiger partial charge >= 0.3 is 6.09 Å². The van der Waals surface area contributed by atoms with Crippen LogP contribution in [0.5, 0.6) is 11.5 Å². The second kappa shape index (κ2) is 6.89.